The molecule has 0 atom stereocenters. The number of carbonyl (C=O) groups excluding carboxylic acids is 1. The van der Waals surface area contributed by atoms with Gasteiger partial charge in [0.15, 0.2) is 0 Å². The molecular formula is C22H28ClN5O2. The number of aromatic nitrogens is 1. The fourth-order valence-corrected chi connectivity index (χ4v) is 4.50. The Morgan fingerprint density at radius 3 is 2.47 bits per heavy atom. The van der Waals surface area contributed by atoms with Gasteiger partial charge in [0.2, 0.25) is 0 Å². The van der Waals surface area contributed by atoms with Crippen molar-refractivity contribution in [2.45, 2.75) is 12.8 Å². The largest absolute Gasteiger partial charge is 0.411 e. The molecule has 0 spiro atoms. The van der Waals surface area contributed by atoms with Crippen molar-refractivity contribution in [3.8, 4) is 0 Å². The molecule has 2 aliphatic rings. The van der Waals surface area contributed by atoms with Gasteiger partial charge in [-0.3, -0.25) is 9.69 Å². The van der Waals surface area contributed by atoms with E-state index in [0.717, 1.165) is 49.9 Å². The highest BCUT2D eigenvalue weighted by Gasteiger charge is 2.28. The molecule has 1 saturated heterocycles. The summed E-state index contributed by atoms with van der Waals surface area (Å²) in [6.45, 7) is 6.28. The van der Waals surface area contributed by atoms with Crippen LogP contribution >= 0.6 is 11.6 Å². The summed E-state index contributed by atoms with van der Waals surface area (Å²) in [4.78, 5) is 19.7. The molecule has 1 fully saturated rings. The molecule has 1 amide bonds. The van der Waals surface area contributed by atoms with E-state index in [4.69, 9.17) is 11.6 Å². The van der Waals surface area contributed by atoms with Gasteiger partial charge in [-0.15, -0.1) is 0 Å². The Morgan fingerprint density at radius 2 is 1.77 bits per heavy atom. The highest BCUT2D eigenvalue weighted by atomic mass is 35.5. The minimum absolute atomic E-state index is 0.0248. The van der Waals surface area contributed by atoms with Gasteiger partial charge in [-0.05, 0) is 43.3 Å². The van der Waals surface area contributed by atoms with Gasteiger partial charge in [0.05, 0.1) is 11.3 Å². The number of nitrogens with zero attached hydrogens (tertiary/aromatic N) is 5. The van der Waals surface area contributed by atoms with Crippen LogP contribution in [0.3, 0.4) is 0 Å². The number of fused-ring (bicyclic) bond motifs is 1. The molecule has 1 aromatic carbocycles. The SMILES string of the molecule is Cn1ccc2c1C(=NO)CCN(CCCN1CCN(c3ccc(Cl)cc3)CC1)C2=O. The second kappa shape index (κ2) is 9.10. The highest BCUT2D eigenvalue weighted by Crippen LogP contribution is 2.21. The molecule has 2 aliphatic heterocycles. The molecule has 3 heterocycles. The zero-order chi connectivity index (χ0) is 21.1. The Balaban J connectivity index is 1.28. The molecule has 0 aliphatic carbocycles. The van der Waals surface area contributed by atoms with Gasteiger partial charge in [0.25, 0.3) is 5.91 Å². The quantitative estimate of drug-likeness (QED) is 0.586. The maximum absolute atomic E-state index is 13.0. The van der Waals surface area contributed by atoms with E-state index < -0.39 is 0 Å². The van der Waals surface area contributed by atoms with Gasteiger partial charge in [0, 0.05) is 69.6 Å². The average molecular weight is 430 g/mol. The number of amides is 1. The Labute approximate surface area is 182 Å². The van der Waals surface area contributed by atoms with Crippen LogP contribution in [0.5, 0.6) is 0 Å². The lowest BCUT2D eigenvalue weighted by Gasteiger charge is -2.36. The lowest BCUT2D eigenvalue weighted by molar-refractivity contribution is 0.0755. The van der Waals surface area contributed by atoms with Crippen molar-refractivity contribution in [1.82, 2.24) is 14.4 Å². The van der Waals surface area contributed by atoms with Crippen LogP contribution < -0.4 is 4.90 Å². The summed E-state index contributed by atoms with van der Waals surface area (Å²) in [5, 5.41) is 13.6. The van der Waals surface area contributed by atoms with Crippen LogP contribution in [0.25, 0.3) is 0 Å². The summed E-state index contributed by atoms with van der Waals surface area (Å²) >= 11 is 5.99. The van der Waals surface area contributed by atoms with Crippen molar-refractivity contribution in [1.29, 1.82) is 0 Å². The van der Waals surface area contributed by atoms with Gasteiger partial charge in [0.1, 0.15) is 5.71 Å². The van der Waals surface area contributed by atoms with E-state index in [2.05, 4.69) is 27.1 Å². The number of anilines is 1. The van der Waals surface area contributed by atoms with Crippen molar-refractivity contribution in [2.75, 3.05) is 50.7 Å². The number of halogens is 1. The molecule has 30 heavy (non-hydrogen) atoms. The predicted molar refractivity (Wildman–Crippen MR) is 119 cm³/mol. The number of carbonyl (C=O) groups is 1. The standard InChI is InChI=1S/C22H28ClN5O2/c1-25-11-7-19-21(25)20(24-30)8-12-28(22(19)29)10-2-9-26-13-15-27(16-14-26)18-5-3-17(23)4-6-18/h3-7,11,30H,2,8-10,12-16H2,1H3. The third kappa shape index (κ3) is 4.32. The fraction of sp³-hybridized carbons (Fsp3) is 0.455. The first-order valence-electron chi connectivity index (χ1n) is 10.5. The van der Waals surface area contributed by atoms with Crippen LogP contribution in [0, 0.1) is 0 Å². The third-order valence-electron chi connectivity index (χ3n) is 6.07. The topological polar surface area (TPSA) is 64.3 Å². The summed E-state index contributed by atoms with van der Waals surface area (Å²) in [5.41, 5.74) is 3.14. The lowest BCUT2D eigenvalue weighted by Crippen LogP contribution is -2.47. The van der Waals surface area contributed by atoms with Crippen molar-refractivity contribution < 1.29 is 10.0 Å². The van der Waals surface area contributed by atoms with E-state index in [-0.39, 0.29) is 5.91 Å². The normalized spacial score (nSPS) is 19.3. The molecule has 1 N–H and O–H groups in total. The molecule has 1 aromatic heterocycles. The number of rotatable bonds is 5. The summed E-state index contributed by atoms with van der Waals surface area (Å²) in [5.74, 6) is 0.0248. The predicted octanol–water partition coefficient (Wildman–Crippen LogP) is 2.92. The van der Waals surface area contributed by atoms with Crippen LogP contribution in [0.1, 0.15) is 28.9 Å². The Hall–Kier alpha value is -2.51. The van der Waals surface area contributed by atoms with E-state index in [1.165, 1.54) is 5.69 Å². The smallest absolute Gasteiger partial charge is 0.256 e. The fourth-order valence-electron chi connectivity index (χ4n) is 4.37. The Kier molecular flexibility index (Phi) is 6.29. The summed E-state index contributed by atoms with van der Waals surface area (Å²) in [6, 6.07) is 9.84. The second-order valence-corrected chi connectivity index (χ2v) is 8.37. The molecule has 0 bridgehead atoms. The second-order valence-electron chi connectivity index (χ2n) is 7.94. The number of piperazine rings is 1. The first kappa shape index (κ1) is 20.8. The van der Waals surface area contributed by atoms with Crippen LogP contribution in [-0.2, 0) is 7.05 Å². The molecule has 0 unspecified atom stereocenters. The Morgan fingerprint density at radius 1 is 1.03 bits per heavy atom. The minimum Gasteiger partial charge on any atom is -0.411 e. The maximum Gasteiger partial charge on any atom is 0.256 e. The zero-order valence-corrected chi connectivity index (χ0v) is 18.1. The van der Waals surface area contributed by atoms with Crippen LogP contribution in [-0.4, -0.2) is 77.0 Å². The number of oxime groups is 1. The zero-order valence-electron chi connectivity index (χ0n) is 17.3. The lowest BCUT2D eigenvalue weighted by atomic mass is 10.1. The van der Waals surface area contributed by atoms with Crippen molar-refractivity contribution in [3.63, 3.8) is 0 Å². The van der Waals surface area contributed by atoms with Gasteiger partial charge >= 0.3 is 0 Å². The molecule has 4 rings (SSSR count). The van der Waals surface area contributed by atoms with Crippen LogP contribution in [0.15, 0.2) is 41.7 Å². The summed E-state index contributed by atoms with van der Waals surface area (Å²) in [7, 11) is 1.87. The maximum atomic E-state index is 13.0. The van der Waals surface area contributed by atoms with Crippen molar-refractivity contribution >= 4 is 28.9 Å². The van der Waals surface area contributed by atoms with Crippen LogP contribution in [0.4, 0.5) is 5.69 Å². The van der Waals surface area contributed by atoms with E-state index >= 15 is 0 Å². The average Bonchev–Trinajstić information content (AvgIpc) is 3.08. The molecule has 8 heteroatoms. The first-order chi connectivity index (χ1) is 14.6. The molecule has 7 nitrogen and oxygen atoms in total. The monoisotopic (exact) mass is 429 g/mol. The Bertz CT molecular complexity index is 916. The molecule has 0 radical (unpaired) electrons. The summed E-state index contributed by atoms with van der Waals surface area (Å²) in [6.07, 6.45) is 3.34. The van der Waals surface area contributed by atoms with Gasteiger partial charge in [-0.25, -0.2) is 0 Å². The molecule has 160 valence electrons. The van der Waals surface area contributed by atoms with E-state index in [9.17, 15) is 10.0 Å². The minimum atomic E-state index is 0.0248. The first-order valence-corrected chi connectivity index (χ1v) is 10.8. The van der Waals surface area contributed by atoms with E-state index in [0.29, 0.717) is 30.8 Å². The van der Waals surface area contributed by atoms with E-state index in [1.807, 2.05) is 40.9 Å². The number of hydrogen-bond donors (Lipinski definition) is 1. The highest BCUT2D eigenvalue weighted by molar-refractivity contribution is 6.30. The molecular weight excluding hydrogens is 402 g/mol. The van der Waals surface area contributed by atoms with Crippen molar-refractivity contribution in [2.24, 2.45) is 12.2 Å². The number of aryl methyl sites for hydroxylation is 1. The van der Waals surface area contributed by atoms with Gasteiger partial charge in [-0.2, -0.15) is 0 Å². The van der Waals surface area contributed by atoms with Gasteiger partial charge < -0.3 is 19.6 Å². The van der Waals surface area contributed by atoms with Crippen molar-refractivity contribution in [3.05, 3.63) is 52.8 Å². The molecule has 2 aromatic rings. The van der Waals surface area contributed by atoms with Gasteiger partial charge in [-0.1, -0.05) is 16.8 Å². The van der Waals surface area contributed by atoms with E-state index in [1.54, 1.807) is 0 Å². The summed E-state index contributed by atoms with van der Waals surface area (Å²) < 4.78 is 1.85. The third-order valence-corrected chi connectivity index (χ3v) is 6.32. The number of benzene rings is 1. The molecule has 0 saturated carbocycles. The number of hydrogen-bond acceptors (Lipinski definition) is 5. The van der Waals surface area contributed by atoms with Crippen LogP contribution in [0.2, 0.25) is 5.02 Å².